The van der Waals surface area contributed by atoms with Crippen LogP contribution in [0, 0.1) is 50.6 Å². The van der Waals surface area contributed by atoms with E-state index >= 15 is 0 Å². The Balaban J connectivity index is 2.12. The maximum absolute atomic E-state index is 12.3. The lowest BCUT2D eigenvalue weighted by Gasteiger charge is -2.41. The second kappa shape index (κ2) is 5.51. The second-order valence-electron chi connectivity index (χ2n) is 6.50. The van der Waals surface area contributed by atoms with Crippen LogP contribution in [0.4, 0.5) is 0 Å². The third kappa shape index (κ3) is 1.88. The number of carbonyl (C=O) groups is 1. The van der Waals surface area contributed by atoms with Crippen LogP contribution in [0.15, 0.2) is 0 Å². The molecule has 0 aromatic heterocycles. The molecule has 0 spiro atoms. The topological polar surface area (TPSA) is 252 Å². The number of piperazine rings is 1. The van der Waals surface area contributed by atoms with Crippen molar-refractivity contribution in [2.75, 3.05) is 0 Å². The molecule has 5 aliphatic rings. The molecule has 22 nitrogen and oxygen atoms in total. The van der Waals surface area contributed by atoms with Gasteiger partial charge in [-0.1, -0.05) is 25.0 Å². The van der Waals surface area contributed by atoms with Crippen molar-refractivity contribution in [3.05, 3.63) is 50.6 Å². The van der Waals surface area contributed by atoms with Gasteiger partial charge < -0.3 is 0 Å². The standard InChI is InChI=1S/C8H9N11O11/c1-2(20)9-3-5-10(15(21)22)4(9)6-13(18(27)28)7(11(3)16(23)24)8(12(5)17(25)26)14(6)19(29)30/h3-8H,1H3. The Labute approximate surface area is 161 Å². The molecule has 0 saturated carbocycles. The van der Waals surface area contributed by atoms with Crippen molar-refractivity contribution in [1.82, 2.24) is 29.9 Å². The summed E-state index contributed by atoms with van der Waals surface area (Å²) in [5.41, 5.74) is 0. The van der Waals surface area contributed by atoms with E-state index in [1.807, 2.05) is 0 Å². The van der Waals surface area contributed by atoms with Crippen molar-refractivity contribution in [1.29, 1.82) is 0 Å². The Hall–Kier alpha value is -4.53. The van der Waals surface area contributed by atoms with E-state index in [4.69, 9.17) is 0 Å². The summed E-state index contributed by atoms with van der Waals surface area (Å²) < 4.78 is 0. The van der Waals surface area contributed by atoms with Gasteiger partial charge >= 0.3 is 0 Å². The van der Waals surface area contributed by atoms with Crippen molar-refractivity contribution in [3.63, 3.8) is 0 Å². The van der Waals surface area contributed by atoms with Crippen LogP contribution in [-0.4, -0.2) is 98.0 Å². The molecule has 6 unspecified atom stereocenters. The number of hydrazine groups is 5. The number of hydrogen-bond acceptors (Lipinski definition) is 11. The maximum Gasteiger partial charge on any atom is 0.272 e. The molecular weight excluding hydrogens is 426 g/mol. The lowest BCUT2D eigenvalue weighted by atomic mass is 10.2. The fourth-order valence-corrected chi connectivity index (χ4v) is 4.67. The first kappa shape index (κ1) is 18.8. The number of carbonyl (C=O) groups excluding carboxylic acids is 1. The van der Waals surface area contributed by atoms with Crippen molar-refractivity contribution in [2.24, 2.45) is 0 Å². The second-order valence-corrected chi connectivity index (χ2v) is 6.50. The van der Waals surface area contributed by atoms with Crippen LogP contribution in [0.5, 0.6) is 0 Å². The average molecular weight is 435 g/mol. The zero-order valence-corrected chi connectivity index (χ0v) is 14.4. The van der Waals surface area contributed by atoms with Gasteiger partial charge in [0.2, 0.25) is 18.2 Å². The van der Waals surface area contributed by atoms with E-state index in [9.17, 15) is 55.4 Å². The van der Waals surface area contributed by atoms with Gasteiger partial charge in [-0.3, -0.25) is 9.69 Å². The first-order valence-corrected chi connectivity index (χ1v) is 7.85. The Kier molecular flexibility index (Phi) is 3.45. The molecule has 0 radical (unpaired) electrons. The molecule has 0 aromatic carbocycles. The van der Waals surface area contributed by atoms with Gasteiger partial charge in [-0.25, -0.2) is 50.6 Å². The minimum atomic E-state index is -2.25. The molecule has 162 valence electrons. The fraction of sp³-hybridized carbons (Fsp3) is 0.875. The molecule has 5 rings (SSSR count). The van der Waals surface area contributed by atoms with E-state index < -0.39 is 68.1 Å². The summed E-state index contributed by atoms with van der Waals surface area (Å²) in [6.45, 7) is 0.820. The Bertz CT molecular complexity index is 784. The molecule has 5 saturated heterocycles. The zero-order valence-electron chi connectivity index (χ0n) is 14.4. The quantitative estimate of drug-likeness (QED) is 0.297. The van der Waals surface area contributed by atoms with E-state index in [-0.39, 0.29) is 25.0 Å². The molecular formula is C8H9N11O11. The number of nitro groups is 5. The lowest BCUT2D eigenvalue weighted by Crippen LogP contribution is -2.77. The predicted molar refractivity (Wildman–Crippen MR) is 79.4 cm³/mol. The van der Waals surface area contributed by atoms with Crippen LogP contribution in [0.1, 0.15) is 6.92 Å². The minimum absolute atomic E-state index is 0.0262. The van der Waals surface area contributed by atoms with Crippen LogP contribution in [0.25, 0.3) is 0 Å². The SMILES string of the molecule is CC(=O)N1C2C3N([N+](=O)[O-])C4C(N([N+](=O)[O-])C(C1N4[N+](=O)[O-])N2[N+](=O)[O-])N3[N+](=O)[O-]. The fourth-order valence-electron chi connectivity index (χ4n) is 4.67. The van der Waals surface area contributed by atoms with Crippen LogP contribution in [0.3, 0.4) is 0 Å². The Morgan fingerprint density at radius 3 is 0.933 bits per heavy atom. The summed E-state index contributed by atoms with van der Waals surface area (Å²) in [6, 6.07) is 0. The van der Waals surface area contributed by atoms with Gasteiger partial charge in [0.25, 0.3) is 24.7 Å². The normalized spacial score (nSPS) is 33.2. The molecule has 5 aliphatic heterocycles. The van der Waals surface area contributed by atoms with E-state index in [0.29, 0.717) is 4.90 Å². The van der Waals surface area contributed by atoms with E-state index in [1.54, 1.807) is 0 Å². The van der Waals surface area contributed by atoms with Gasteiger partial charge in [0, 0.05) is 6.92 Å². The summed E-state index contributed by atoms with van der Waals surface area (Å²) >= 11 is 0. The van der Waals surface area contributed by atoms with E-state index in [2.05, 4.69) is 0 Å². The van der Waals surface area contributed by atoms with Crippen molar-refractivity contribution >= 4 is 5.91 Å². The predicted octanol–water partition coefficient (Wildman–Crippen LogP) is -3.69. The number of hydrogen-bond donors (Lipinski definition) is 0. The summed E-state index contributed by atoms with van der Waals surface area (Å²) in [6.07, 6.45) is -13.0. The van der Waals surface area contributed by atoms with Crippen LogP contribution >= 0.6 is 0 Å². The molecule has 5 fully saturated rings. The summed E-state index contributed by atoms with van der Waals surface area (Å²) in [7, 11) is 0. The van der Waals surface area contributed by atoms with Gasteiger partial charge in [0.05, 0.1) is 0 Å². The Morgan fingerprint density at radius 2 is 0.733 bits per heavy atom. The van der Waals surface area contributed by atoms with Gasteiger partial charge in [-0.15, -0.1) is 0 Å². The smallest absolute Gasteiger partial charge is 0.272 e. The first-order valence-electron chi connectivity index (χ1n) is 7.85. The van der Waals surface area contributed by atoms with Crippen LogP contribution in [0.2, 0.25) is 0 Å². The number of nitrogens with zero attached hydrogens (tertiary/aromatic N) is 11. The van der Waals surface area contributed by atoms with E-state index in [1.165, 1.54) is 0 Å². The Morgan fingerprint density at radius 1 is 0.533 bits per heavy atom. The highest BCUT2D eigenvalue weighted by Gasteiger charge is 2.87. The van der Waals surface area contributed by atoms with Crippen molar-refractivity contribution < 1.29 is 30.0 Å². The highest BCUT2D eigenvalue weighted by Crippen LogP contribution is 2.51. The highest BCUT2D eigenvalue weighted by molar-refractivity contribution is 5.74. The van der Waals surface area contributed by atoms with Gasteiger partial charge in [0.1, 0.15) is 0 Å². The molecule has 6 bridgehead atoms. The zero-order chi connectivity index (χ0) is 22.4. The third-order valence-electron chi connectivity index (χ3n) is 5.39. The van der Waals surface area contributed by atoms with Crippen molar-refractivity contribution in [3.8, 4) is 0 Å². The van der Waals surface area contributed by atoms with Gasteiger partial charge in [0.15, 0.2) is 25.2 Å². The molecule has 1 amide bonds. The summed E-state index contributed by atoms with van der Waals surface area (Å²) in [5, 5.41) is 52.4. The molecule has 0 aromatic rings. The van der Waals surface area contributed by atoms with Crippen LogP contribution < -0.4 is 0 Å². The number of rotatable bonds is 5. The minimum Gasteiger partial charge on any atom is -0.283 e. The molecule has 0 aliphatic carbocycles. The van der Waals surface area contributed by atoms with Gasteiger partial charge in [-0.2, -0.15) is 0 Å². The number of amides is 1. The summed E-state index contributed by atoms with van der Waals surface area (Å²) in [5.74, 6) is -1.08. The average Bonchev–Trinajstić information content (AvgIpc) is 3.03. The first-order chi connectivity index (χ1) is 13.9. The molecule has 6 atom stereocenters. The van der Waals surface area contributed by atoms with Crippen molar-refractivity contribution in [2.45, 2.75) is 43.9 Å². The molecule has 22 heteroatoms. The van der Waals surface area contributed by atoms with E-state index in [0.717, 1.165) is 6.92 Å². The monoisotopic (exact) mass is 435 g/mol. The molecule has 0 N–H and O–H groups in total. The highest BCUT2D eigenvalue weighted by atomic mass is 16.7. The third-order valence-corrected chi connectivity index (χ3v) is 5.39. The molecule has 30 heavy (non-hydrogen) atoms. The van der Waals surface area contributed by atoms with Crippen LogP contribution in [-0.2, 0) is 4.79 Å². The maximum atomic E-state index is 12.3. The van der Waals surface area contributed by atoms with Gasteiger partial charge in [-0.05, 0) is 0 Å². The molecule has 5 heterocycles. The largest absolute Gasteiger partial charge is 0.283 e. The summed E-state index contributed by atoms with van der Waals surface area (Å²) in [4.78, 5) is 71.5. The lowest BCUT2D eigenvalue weighted by molar-refractivity contribution is -0.786.